The molecule has 0 saturated heterocycles. The number of ether oxygens (including phenoxy) is 2. The number of furan rings is 1. The molecule has 1 aromatic carbocycles. The van der Waals surface area contributed by atoms with Gasteiger partial charge in [-0.2, -0.15) is 0 Å². The van der Waals surface area contributed by atoms with Gasteiger partial charge in [0.05, 0.1) is 25.0 Å². The fraction of sp³-hybridized carbons (Fsp3) is 0.214. The molecule has 6 heteroatoms. The number of halogens is 1. The van der Waals surface area contributed by atoms with E-state index >= 15 is 0 Å². The van der Waals surface area contributed by atoms with Gasteiger partial charge in [0.2, 0.25) is 5.22 Å². The summed E-state index contributed by atoms with van der Waals surface area (Å²) in [4.78, 5) is 12.0. The highest BCUT2D eigenvalue weighted by molar-refractivity contribution is 6.32. The summed E-state index contributed by atoms with van der Waals surface area (Å²) in [7, 11) is 0. The van der Waals surface area contributed by atoms with Crippen molar-refractivity contribution in [3.63, 3.8) is 0 Å². The smallest absolute Gasteiger partial charge is 0.260 e. The number of carbonyl (C=O) groups is 1. The monoisotopic (exact) mass is 293 g/mol. The highest BCUT2D eigenvalue weighted by Crippen LogP contribution is 2.32. The van der Waals surface area contributed by atoms with Gasteiger partial charge in [0.1, 0.15) is 0 Å². The quantitative estimate of drug-likeness (QED) is 0.922. The van der Waals surface area contributed by atoms with Crippen molar-refractivity contribution in [3.05, 3.63) is 41.3 Å². The first kappa shape index (κ1) is 12.9. The molecule has 0 atom stereocenters. The lowest BCUT2D eigenvalue weighted by Crippen LogP contribution is -2.11. The second-order valence-corrected chi connectivity index (χ2v) is 4.62. The Morgan fingerprint density at radius 3 is 2.70 bits per heavy atom. The molecule has 1 N–H and O–H groups in total. The summed E-state index contributed by atoms with van der Waals surface area (Å²) >= 11 is 5.77. The molecule has 1 aromatic heterocycles. The van der Waals surface area contributed by atoms with Gasteiger partial charge in [-0.05, 0) is 29.8 Å². The first-order chi connectivity index (χ1) is 9.74. The molecular weight excluding hydrogens is 282 g/mol. The van der Waals surface area contributed by atoms with E-state index in [4.69, 9.17) is 25.5 Å². The Labute approximate surface area is 120 Å². The van der Waals surface area contributed by atoms with Crippen molar-refractivity contribution >= 4 is 23.2 Å². The zero-order valence-electron chi connectivity index (χ0n) is 10.5. The van der Waals surface area contributed by atoms with Crippen molar-refractivity contribution in [3.8, 4) is 11.5 Å². The molecule has 1 aliphatic rings. The number of hydrogen-bond acceptors (Lipinski definition) is 4. The number of hydrogen-bond donors (Lipinski definition) is 1. The van der Waals surface area contributed by atoms with E-state index in [0.717, 1.165) is 6.42 Å². The van der Waals surface area contributed by atoms with E-state index in [0.29, 0.717) is 36.0 Å². The molecule has 0 bridgehead atoms. The maximum Gasteiger partial charge on any atom is 0.260 e. The molecule has 20 heavy (non-hydrogen) atoms. The van der Waals surface area contributed by atoms with Crippen LogP contribution in [0.1, 0.15) is 16.8 Å². The third kappa shape index (κ3) is 2.58. The standard InChI is InChI=1S/C14H12ClNO4/c15-13-10(4-7-20-13)14(17)16-9-2-3-11-12(8-9)19-6-1-5-18-11/h2-4,7-8H,1,5-6H2,(H,16,17). The van der Waals surface area contributed by atoms with Crippen LogP contribution in [-0.2, 0) is 0 Å². The van der Waals surface area contributed by atoms with Crippen molar-refractivity contribution in [2.24, 2.45) is 0 Å². The van der Waals surface area contributed by atoms with Gasteiger partial charge in [-0.15, -0.1) is 0 Å². The number of anilines is 1. The van der Waals surface area contributed by atoms with Crippen LogP contribution in [0.3, 0.4) is 0 Å². The Morgan fingerprint density at radius 2 is 1.95 bits per heavy atom. The molecule has 104 valence electrons. The molecule has 1 amide bonds. The zero-order valence-corrected chi connectivity index (χ0v) is 11.3. The highest BCUT2D eigenvalue weighted by atomic mass is 35.5. The van der Waals surface area contributed by atoms with Gasteiger partial charge in [-0.25, -0.2) is 0 Å². The summed E-state index contributed by atoms with van der Waals surface area (Å²) in [5, 5.41) is 2.80. The number of carbonyl (C=O) groups excluding carboxylic acids is 1. The fourth-order valence-corrected chi connectivity index (χ4v) is 2.10. The lowest BCUT2D eigenvalue weighted by atomic mass is 10.2. The maximum absolute atomic E-state index is 12.0. The minimum atomic E-state index is -0.335. The lowest BCUT2D eigenvalue weighted by molar-refractivity contribution is 0.102. The van der Waals surface area contributed by atoms with Gasteiger partial charge in [0, 0.05) is 18.2 Å². The molecule has 0 saturated carbocycles. The Balaban J connectivity index is 1.80. The molecule has 0 unspecified atom stereocenters. The summed E-state index contributed by atoms with van der Waals surface area (Å²) < 4.78 is 16.0. The Bertz CT molecular complexity index is 638. The van der Waals surface area contributed by atoms with E-state index in [1.54, 1.807) is 18.2 Å². The van der Waals surface area contributed by atoms with E-state index in [1.807, 2.05) is 0 Å². The van der Waals surface area contributed by atoms with Gasteiger partial charge in [0.25, 0.3) is 5.91 Å². The molecule has 0 aliphatic carbocycles. The van der Waals surface area contributed by atoms with E-state index in [9.17, 15) is 4.79 Å². The molecule has 0 spiro atoms. The van der Waals surface area contributed by atoms with Crippen LogP contribution < -0.4 is 14.8 Å². The van der Waals surface area contributed by atoms with Gasteiger partial charge in [-0.1, -0.05) is 0 Å². The van der Waals surface area contributed by atoms with E-state index in [2.05, 4.69) is 5.32 Å². The largest absolute Gasteiger partial charge is 0.490 e. The topological polar surface area (TPSA) is 60.7 Å². The Kier molecular flexibility index (Phi) is 3.52. The molecule has 0 fully saturated rings. The Hall–Kier alpha value is -2.14. The van der Waals surface area contributed by atoms with E-state index in [-0.39, 0.29) is 11.1 Å². The molecular formula is C14H12ClNO4. The molecule has 1 aliphatic heterocycles. The minimum absolute atomic E-state index is 0.0665. The summed E-state index contributed by atoms with van der Waals surface area (Å²) in [6, 6.07) is 6.76. The second kappa shape index (κ2) is 5.46. The van der Waals surface area contributed by atoms with Crippen LogP contribution in [0, 0.1) is 0 Å². The molecule has 2 heterocycles. The van der Waals surface area contributed by atoms with Crippen LogP contribution in [0.25, 0.3) is 0 Å². The molecule has 2 aromatic rings. The van der Waals surface area contributed by atoms with Crippen molar-refractivity contribution in [2.45, 2.75) is 6.42 Å². The van der Waals surface area contributed by atoms with Crippen LogP contribution >= 0.6 is 11.6 Å². The predicted octanol–water partition coefficient (Wildman–Crippen LogP) is 3.35. The summed E-state index contributed by atoms with van der Waals surface area (Å²) in [5.74, 6) is 0.971. The van der Waals surface area contributed by atoms with Crippen molar-refractivity contribution in [1.82, 2.24) is 0 Å². The van der Waals surface area contributed by atoms with E-state index in [1.165, 1.54) is 12.3 Å². The van der Waals surface area contributed by atoms with Gasteiger partial charge < -0.3 is 19.2 Å². The summed E-state index contributed by atoms with van der Waals surface area (Å²) in [6.07, 6.45) is 2.20. The second-order valence-electron chi connectivity index (χ2n) is 4.27. The van der Waals surface area contributed by atoms with Gasteiger partial charge in [0.15, 0.2) is 11.5 Å². The van der Waals surface area contributed by atoms with Crippen LogP contribution in [0.2, 0.25) is 5.22 Å². The normalized spacial score (nSPS) is 13.7. The molecule has 3 rings (SSSR count). The third-order valence-corrected chi connectivity index (χ3v) is 3.16. The number of benzene rings is 1. The minimum Gasteiger partial charge on any atom is -0.490 e. The van der Waals surface area contributed by atoms with Crippen molar-refractivity contribution in [2.75, 3.05) is 18.5 Å². The van der Waals surface area contributed by atoms with Crippen molar-refractivity contribution < 1.29 is 18.7 Å². The molecule has 0 radical (unpaired) electrons. The summed E-state index contributed by atoms with van der Waals surface area (Å²) in [6.45, 7) is 1.22. The van der Waals surface area contributed by atoms with Crippen LogP contribution in [0.4, 0.5) is 5.69 Å². The van der Waals surface area contributed by atoms with Gasteiger partial charge in [-0.3, -0.25) is 4.79 Å². The lowest BCUT2D eigenvalue weighted by Gasteiger charge is -2.10. The summed E-state index contributed by atoms with van der Waals surface area (Å²) in [5.41, 5.74) is 0.898. The van der Waals surface area contributed by atoms with Gasteiger partial charge >= 0.3 is 0 Å². The molecule has 5 nitrogen and oxygen atoms in total. The Morgan fingerprint density at radius 1 is 1.15 bits per heavy atom. The average Bonchev–Trinajstić information content (AvgIpc) is 2.73. The SMILES string of the molecule is O=C(Nc1ccc2c(c1)OCCCO2)c1ccoc1Cl. The van der Waals surface area contributed by atoms with Crippen LogP contribution in [-0.4, -0.2) is 19.1 Å². The first-order valence-electron chi connectivity index (χ1n) is 6.18. The first-order valence-corrected chi connectivity index (χ1v) is 6.56. The zero-order chi connectivity index (χ0) is 13.9. The van der Waals surface area contributed by atoms with Crippen LogP contribution in [0.15, 0.2) is 34.9 Å². The predicted molar refractivity (Wildman–Crippen MR) is 73.7 cm³/mol. The van der Waals surface area contributed by atoms with E-state index < -0.39 is 0 Å². The number of amides is 1. The number of nitrogens with one attached hydrogen (secondary N) is 1. The maximum atomic E-state index is 12.0. The third-order valence-electron chi connectivity index (χ3n) is 2.87. The average molecular weight is 294 g/mol. The van der Waals surface area contributed by atoms with Crippen LogP contribution in [0.5, 0.6) is 11.5 Å². The van der Waals surface area contributed by atoms with Crippen molar-refractivity contribution in [1.29, 1.82) is 0 Å². The number of fused-ring (bicyclic) bond motifs is 1. The number of rotatable bonds is 2. The fourth-order valence-electron chi connectivity index (χ4n) is 1.90. The highest BCUT2D eigenvalue weighted by Gasteiger charge is 2.15.